The first kappa shape index (κ1) is 11.8. The van der Waals surface area contributed by atoms with Crippen LogP contribution < -0.4 is 11.1 Å². The van der Waals surface area contributed by atoms with Gasteiger partial charge in [-0.1, -0.05) is 0 Å². The summed E-state index contributed by atoms with van der Waals surface area (Å²) in [5, 5.41) is 2.64. The Morgan fingerprint density at radius 1 is 1.33 bits per heavy atom. The van der Waals surface area contributed by atoms with Crippen LogP contribution in [0.25, 0.3) is 0 Å². The molecule has 15 heavy (non-hydrogen) atoms. The molecule has 0 saturated heterocycles. The van der Waals surface area contributed by atoms with E-state index in [-0.39, 0.29) is 17.9 Å². The molecule has 2 amide bonds. The minimum atomic E-state index is -0.518. The van der Waals surface area contributed by atoms with E-state index in [2.05, 4.69) is 5.32 Å². The number of carbonyl (C=O) groups is 2. The summed E-state index contributed by atoms with van der Waals surface area (Å²) >= 11 is 0. The van der Waals surface area contributed by atoms with Gasteiger partial charge in [0.15, 0.2) is 0 Å². The second kappa shape index (κ2) is 4.08. The van der Waals surface area contributed by atoms with E-state index in [4.69, 9.17) is 10.5 Å². The molecule has 0 aromatic rings. The van der Waals surface area contributed by atoms with E-state index in [1.165, 1.54) is 0 Å². The van der Waals surface area contributed by atoms with Crippen LogP contribution in [0.4, 0.5) is 4.79 Å². The normalized spacial score (nSPS) is 25.3. The van der Waals surface area contributed by atoms with Gasteiger partial charge in [0.1, 0.15) is 5.60 Å². The average Bonchev–Trinajstić information content (AvgIpc) is 1.93. The van der Waals surface area contributed by atoms with Gasteiger partial charge in [-0.25, -0.2) is 4.79 Å². The highest BCUT2D eigenvalue weighted by Crippen LogP contribution is 2.27. The number of carbonyl (C=O) groups excluding carboxylic acids is 2. The Labute approximate surface area is 89.3 Å². The van der Waals surface area contributed by atoms with E-state index in [0.717, 1.165) is 12.8 Å². The van der Waals surface area contributed by atoms with Gasteiger partial charge in [0.05, 0.1) is 5.92 Å². The first-order valence-corrected chi connectivity index (χ1v) is 5.08. The number of primary amides is 1. The maximum atomic E-state index is 11.3. The predicted molar refractivity (Wildman–Crippen MR) is 55.1 cm³/mol. The minimum Gasteiger partial charge on any atom is -0.444 e. The molecule has 1 rings (SSSR count). The Morgan fingerprint density at radius 3 is 2.27 bits per heavy atom. The minimum absolute atomic E-state index is 0.155. The number of nitrogens with two attached hydrogens (primary N) is 1. The molecule has 0 bridgehead atoms. The predicted octanol–water partition coefficient (Wildman–Crippen LogP) is 0.775. The summed E-state index contributed by atoms with van der Waals surface area (Å²) in [6, 6.07) is -0.155. The molecular weight excluding hydrogens is 196 g/mol. The van der Waals surface area contributed by atoms with Crippen molar-refractivity contribution in [2.24, 2.45) is 11.7 Å². The number of rotatable bonds is 2. The van der Waals surface area contributed by atoms with Crippen LogP contribution in [0.15, 0.2) is 0 Å². The molecule has 0 radical (unpaired) electrons. The molecule has 0 aromatic heterocycles. The van der Waals surface area contributed by atoms with Crippen LogP contribution in [-0.2, 0) is 9.53 Å². The molecule has 0 spiro atoms. The molecule has 1 aliphatic carbocycles. The molecule has 86 valence electrons. The van der Waals surface area contributed by atoms with Crippen LogP contribution in [-0.4, -0.2) is 23.6 Å². The van der Waals surface area contributed by atoms with Crippen molar-refractivity contribution in [3.8, 4) is 0 Å². The fourth-order valence-electron chi connectivity index (χ4n) is 1.47. The van der Waals surface area contributed by atoms with Gasteiger partial charge < -0.3 is 15.8 Å². The quantitative estimate of drug-likeness (QED) is 0.712. The monoisotopic (exact) mass is 214 g/mol. The van der Waals surface area contributed by atoms with E-state index in [1.807, 2.05) is 0 Å². The summed E-state index contributed by atoms with van der Waals surface area (Å²) in [6.07, 6.45) is 1.04. The van der Waals surface area contributed by atoms with Gasteiger partial charge in [-0.3, -0.25) is 4.79 Å². The Kier molecular flexibility index (Phi) is 3.21. The standard InChI is InChI=1S/C10H18N2O3/c1-10(2,3)15-9(14)12-7-5-4-6(7)8(11)13/h6-7H,4-5H2,1-3H3,(H2,11,13)(H,12,14)/t6-,7+/m1/s1. The number of amides is 2. The third-order valence-electron chi connectivity index (χ3n) is 2.34. The molecule has 0 aromatic carbocycles. The smallest absolute Gasteiger partial charge is 0.407 e. The molecule has 2 atom stereocenters. The van der Waals surface area contributed by atoms with Gasteiger partial charge >= 0.3 is 6.09 Å². The van der Waals surface area contributed by atoms with Gasteiger partial charge in [0.25, 0.3) is 0 Å². The SMILES string of the molecule is CC(C)(C)OC(=O)N[C@H]1CC[C@H]1C(N)=O. The summed E-state index contributed by atoms with van der Waals surface area (Å²) in [5.74, 6) is -0.597. The lowest BCUT2D eigenvalue weighted by atomic mass is 9.79. The highest BCUT2D eigenvalue weighted by atomic mass is 16.6. The summed E-state index contributed by atoms with van der Waals surface area (Å²) in [7, 11) is 0. The summed E-state index contributed by atoms with van der Waals surface area (Å²) in [5.41, 5.74) is 4.64. The second-order valence-corrected chi connectivity index (χ2v) is 4.84. The molecule has 1 fully saturated rings. The topological polar surface area (TPSA) is 81.4 Å². The summed E-state index contributed by atoms with van der Waals surface area (Å²) in [6.45, 7) is 5.37. The van der Waals surface area contributed by atoms with Crippen molar-refractivity contribution in [1.82, 2.24) is 5.32 Å². The Bertz CT molecular complexity index is 270. The zero-order chi connectivity index (χ0) is 11.6. The lowest BCUT2D eigenvalue weighted by molar-refractivity contribution is -0.125. The van der Waals surface area contributed by atoms with E-state index >= 15 is 0 Å². The highest BCUT2D eigenvalue weighted by Gasteiger charge is 2.36. The van der Waals surface area contributed by atoms with E-state index in [9.17, 15) is 9.59 Å². The Morgan fingerprint density at radius 2 is 1.93 bits per heavy atom. The van der Waals surface area contributed by atoms with Crippen molar-refractivity contribution in [2.75, 3.05) is 0 Å². The van der Waals surface area contributed by atoms with Crippen molar-refractivity contribution in [3.63, 3.8) is 0 Å². The summed E-state index contributed by atoms with van der Waals surface area (Å²) in [4.78, 5) is 22.2. The van der Waals surface area contributed by atoms with Crippen molar-refractivity contribution in [2.45, 2.75) is 45.3 Å². The molecule has 0 aliphatic heterocycles. The first-order chi connectivity index (χ1) is 6.79. The van der Waals surface area contributed by atoms with Crippen LogP contribution in [0.3, 0.4) is 0 Å². The molecule has 3 N–H and O–H groups in total. The second-order valence-electron chi connectivity index (χ2n) is 4.84. The van der Waals surface area contributed by atoms with Gasteiger partial charge in [-0.15, -0.1) is 0 Å². The maximum absolute atomic E-state index is 11.3. The molecule has 1 aliphatic rings. The van der Waals surface area contributed by atoms with Crippen LogP contribution >= 0.6 is 0 Å². The van der Waals surface area contributed by atoms with Crippen LogP contribution in [0.1, 0.15) is 33.6 Å². The molecule has 5 heteroatoms. The zero-order valence-electron chi connectivity index (χ0n) is 9.37. The average molecular weight is 214 g/mol. The van der Waals surface area contributed by atoms with Crippen LogP contribution in [0, 0.1) is 5.92 Å². The number of ether oxygens (including phenoxy) is 1. The molecular formula is C10H18N2O3. The maximum Gasteiger partial charge on any atom is 0.407 e. The molecule has 5 nitrogen and oxygen atoms in total. The third kappa shape index (κ3) is 3.42. The number of hydrogen-bond acceptors (Lipinski definition) is 3. The van der Waals surface area contributed by atoms with Gasteiger partial charge in [0.2, 0.25) is 5.91 Å². The lowest BCUT2D eigenvalue weighted by Gasteiger charge is -2.35. The molecule has 0 unspecified atom stereocenters. The van der Waals surface area contributed by atoms with Gasteiger partial charge in [0, 0.05) is 6.04 Å². The lowest BCUT2D eigenvalue weighted by Crippen LogP contribution is -2.52. The number of alkyl carbamates (subject to hydrolysis) is 1. The number of nitrogens with one attached hydrogen (secondary N) is 1. The molecule has 1 saturated carbocycles. The Hall–Kier alpha value is -1.26. The fraction of sp³-hybridized carbons (Fsp3) is 0.800. The first-order valence-electron chi connectivity index (χ1n) is 5.08. The zero-order valence-corrected chi connectivity index (χ0v) is 9.37. The van der Waals surface area contributed by atoms with Gasteiger partial charge in [-0.2, -0.15) is 0 Å². The fourth-order valence-corrected chi connectivity index (χ4v) is 1.47. The summed E-state index contributed by atoms with van der Waals surface area (Å²) < 4.78 is 5.07. The van der Waals surface area contributed by atoms with Crippen molar-refractivity contribution in [1.29, 1.82) is 0 Å². The Balaban J connectivity index is 2.36. The van der Waals surface area contributed by atoms with Crippen molar-refractivity contribution in [3.05, 3.63) is 0 Å². The number of hydrogen-bond donors (Lipinski definition) is 2. The van der Waals surface area contributed by atoms with Crippen LogP contribution in [0.2, 0.25) is 0 Å². The third-order valence-corrected chi connectivity index (χ3v) is 2.34. The van der Waals surface area contributed by atoms with Crippen LogP contribution in [0.5, 0.6) is 0 Å². The van der Waals surface area contributed by atoms with Crippen molar-refractivity contribution < 1.29 is 14.3 Å². The van der Waals surface area contributed by atoms with E-state index < -0.39 is 11.7 Å². The van der Waals surface area contributed by atoms with Gasteiger partial charge in [-0.05, 0) is 33.6 Å². The van der Waals surface area contributed by atoms with E-state index in [1.54, 1.807) is 20.8 Å². The highest BCUT2D eigenvalue weighted by molar-refractivity contribution is 5.79. The van der Waals surface area contributed by atoms with Crippen molar-refractivity contribution >= 4 is 12.0 Å². The molecule has 0 heterocycles. The van der Waals surface area contributed by atoms with E-state index in [0.29, 0.717) is 0 Å². The largest absolute Gasteiger partial charge is 0.444 e.